The molecule has 4 nitrogen and oxygen atoms in total. The Balaban J connectivity index is 2.47. The van der Waals surface area contributed by atoms with Crippen molar-refractivity contribution in [2.75, 3.05) is 14.2 Å². The lowest BCUT2D eigenvalue weighted by Gasteiger charge is -2.21. The van der Waals surface area contributed by atoms with Gasteiger partial charge in [0.25, 0.3) is 0 Å². The van der Waals surface area contributed by atoms with Gasteiger partial charge in [0.1, 0.15) is 17.3 Å². The van der Waals surface area contributed by atoms with Crippen LogP contribution in [0.3, 0.4) is 0 Å². The number of carboxylic acid groups (broad SMARTS) is 1. The average Bonchev–Trinajstić information content (AvgIpc) is 3.19. The molecular weight excluding hydrogens is 251 g/mol. The van der Waals surface area contributed by atoms with Crippen molar-refractivity contribution in [1.29, 1.82) is 0 Å². The van der Waals surface area contributed by atoms with Crippen molar-refractivity contribution in [3.63, 3.8) is 0 Å². The van der Waals surface area contributed by atoms with Crippen LogP contribution in [-0.2, 0) is 4.79 Å². The Morgan fingerprint density at radius 2 is 1.89 bits per heavy atom. The summed E-state index contributed by atoms with van der Waals surface area (Å²) in [6.07, 6.45) is 1.98. The Morgan fingerprint density at radius 1 is 1.37 bits per heavy atom. The molecule has 104 valence electrons. The van der Waals surface area contributed by atoms with E-state index in [1.54, 1.807) is 0 Å². The summed E-state index contributed by atoms with van der Waals surface area (Å²) in [5.41, 5.74) is 0.663. The maximum atomic E-state index is 13.4. The molecule has 1 unspecified atom stereocenters. The summed E-state index contributed by atoms with van der Waals surface area (Å²) in [5.74, 6) is -0.495. The quantitative estimate of drug-likeness (QED) is 0.862. The van der Waals surface area contributed by atoms with E-state index in [0.717, 1.165) is 12.8 Å². The SMILES string of the molecule is COc1cc(F)cc(OC)c1C(CC(=O)O)C1CC1. The number of methoxy groups -OCH3 is 2. The molecule has 0 radical (unpaired) electrons. The Morgan fingerprint density at radius 3 is 2.26 bits per heavy atom. The van der Waals surface area contributed by atoms with Crippen LogP contribution in [0.25, 0.3) is 0 Å². The molecule has 0 aromatic heterocycles. The second-order valence-corrected chi connectivity index (χ2v) is 4.77. The van der Waals surface area contributed by atoms with Crippen LogP contribution in [0.5, 0.6) is 11.5 Å². The molecule has 1 N–H and O–H groups in total. The lowest BCUT2D eigenvalue weighted by atomic mass is 9.89. The number of aliphatic carboxylic acids is 1. The number of rotatable bonds is 6. The van der Waals surface area contributed by atoms with Gasteiger partial charge in [0.15, 0.2) is 0 Å². The van der Waals surface area contributed by atoms with Gasteiger partial charge in [-0.25, -0.2) is 4.39 Å². The first-order valence-electron chi connectivity index (χ1n) is 6.20. The van der Waals surface area contributed by atoms with E-state index in [0.29, 0.717) is 23.0 Å². The van der Waals surface area contributed by atoms with Gasteiger partial charge >= 0.3 is 5.97 Å². The molecule has 1 aliphatic rings. The minimum atomic E-state index is -0.870. The van der Waals surface area contributed by atoms with Crippen molar-refractivity contribution in [2.45, 2.75) is 25.2 Å². The van der Waals surface area contributed by atoms with E-state index < -0.39 is 11.8 Å². The van der Waals surface area contributed by atoms with Crippen molar-refractivity contribution in [3.8, 4) is 11.5 Å². The Bertz CT molecular complexity index is 457. The molecule has 19 heavy (non-hydrogen) atoms. The van der Waals surface area contributed by atoms with Crippen molar-refractivity contribution >= 4 is 5.97 Å². The van der Waals surface area contributed by atoms with Gasteiger partial charge in [-0.1, -0.05) is 0 Å². The van der Waals surface area contributed by atoms with Crippen LogP contribution < -0.4 is 9.47 Å². The molecule has 0 heterocycles. The zero-order valence-corrected chi connectivity index (χ0v) is 11.0. The minimum Gasteiger partial charge on any atom is -0.496 e. The molecule has 2 rings (SSSR count). The van der Waals surface area contributed by atoms with Gasteiger partial charge in [-0.15, -0.1) is 0 Å². The zero-order chi connectivity index (χ0) is 14.0. The van der Waals surface area contributed by atoms with Crippen LogP contribution in [0.2, 0.25) is 0 Å². The number of hydrogen-bond donors (Lipinski definition) is 1. The third-order valence-electron chi connectivity index (χ3n) is 3.47. The number of halogens is 1. The molecule has 1 atom stereocenters. The van der Waals surface area contributed by atoms with E-state index >= 15 is 0 Å². The van der Waals surface area contributed by atoms with Crippen LogP contribution in [0.15, 0.2) is 12.1 Å². The Hall–Kier alpha value is -1.78. The molecule has 0 amide bonds. The second-order valence-electron chi connectivity index (χ2n) is 4.77. The molecule has 0 saturated heterocycles. The smallest absolute Gasteiger partial charge is 0.303 e. The summed E-state index contributed by atoms with van der Waals surface area (Å²) in [4.78, 5) is 11.0. The number of carbonyl (C=O) groups is 1. The Labute approximate surface area is 111 Å². The standard InChI is InChI=1S/C14H17FO4/c1-18-11-5-9(15)6-12(19-2)14(11)10(7-13(16)17)8-3-4-8/h5-6,8,10H,3-4,7H2,1-2H3,(H,16,17). The third kappa shape index (κ3) is 2.97. The summed E-state index contributed by atoms with van der Waals surface area (Å²) in [6.45, 7) is 0. The highest BCUT2D eigenvalue weighted by atomic mass is 19.1. The van der Waals surface area contributed by atoms with Crippen molar-refractivity contribution in [3.05, 3.63) is 23.5 Å². The highest BCUT2D eigenvalue weighted by Crippen LogP contribution is 2.50. The van der Waals surface area contributed by atoms with Gasteiger partial charge in [0.2, 0.25) is 0 Å². The maximum absolute atomic E-state index is 13.4. The molecule has 0 aliphatic heterocycles. The number of ether oxygens (including phenoxy) is 2. The number of benzene rings is 1. The largest absolute Gasteiger partial charge is 0.496 e. The maximum Gasteiger partial charge on any atom is 0.303 e. The van der Waals surface area contributed by atoms with E-state index in [9.17, 15) is 9.18 Å². The van der Waals surface area contributed by atoms with Crippen LogP contribution in [0.1, 0.15) is 30.7 Å². The van der Waals surface area contributed by atoms with Gasteiger partial charge in [0, 0.05) is 23.6 Å². The summed E-state index contributed by atoms with van der Waals surface area (Å²) in [6, 6.07) is 2.55. The molecule has 1 aromatic rings. The van der Waals surface area contributed by atoms with Crippen LogP contribution in [0, 0.1) is 11.7 Å². The molecule has 5 heteroatoms. The van der Waals surface area contributed by atoms with Crippen LogP contribution in [-0.4, -0.2) is 25.3 Å². The molecule has 1 fully saturated rings. The fourth-order valence-electron chi connectivity index (χ4n) is 2.46. The van der Waals surface area contributed by atoms with E-state index in [1.165, 1.54) is 26.4 Å². The predicted octanol–water partition coefficient (Wildman–Crippen LogP) is 2.81. The lowest BCUT2D eigenvalue weighted by molar-refractivity contribution is -0.137. The zero-order valence-electron chi connectivity index (χ0n) is 11.0. The van der Waals surface area contributed by atoms with Crippen LogP contribution in [0.4, 0.5) is 4.39 Å². The van der Waals surface area contributed by atoms with E-state index in [-0.39, 0.29) is 12.3 Å². The first kappa shape index (κ1) is 13.6. The molecular formula is C14H17FO4. The summed E-state index contributed by atoms with van der Waals surface area (Å²) >= 11 is 0. The number of hydrogen-bond acceptors (Lipinski definition) is 3. The second kappa shape index (κ2) is 5.47. The van der Waals surface area contributed by atoms with E-state index in [2.05, 4.69) is 0 Å². The van der Waals surface area contributed by atoms with Gasteiger partial charge in [-0.05, 0) is 18.8 Å². The average molecular weight is 268 g/mol. The van der Waals surface area contributed by atoms with Crippen molar-refractivity contribution in [2.24, 2.45) is 5.92 Å². The molecule has 1 aromatic carbocycles. The third-order valence-corrected chi connectivity index (χ3v) is 3.47. The Kier molecular flexibility index (Phi) is 3.93. The lowest BCUT2D eigenvalue weighted by Crippen LogP contribution is -2.11. The van der Waals surface area contributed by atoms with Gasteiger partial charge in [-0.3, -0.25) is 4.79 Å². The fraction of sp³-hybridized carbons (Fsp3) is 0.500. The fourth-order valence-corrected chi connectivity index (χ4v) is 2.46. The summed E-state index contributed by atoms with van der Waals surface area (Å²) < 4.78 is 23.8. The first-order valence-corrected chi connectivity index (χ1v) is 6.20. The molecule has 0 spiro atoms. The molecule has 1 saturated carbocycles. The van der Waals surface area contributed by atoms with Crippen molar-refractivity contribution < 1.29 is 23.8 Å². The highest BCUT2D eigenvalue weighted by molar-refractivity contribution is 5.69. The molecule has 1 aliphatic carbocycles. The van der Waals surface area contributed by atoms with Crippen molar-refractivity contribution in [1.82, 2.24) is 0 Å². The van der Waals surface area contributed by atoms with Crippen LogP contribution >= 0.6 is 0 Å². The van der Waals surface area contributed by atoms with Gasteiger partial charge < -0.3 is 14.6 Å². The highest BCUT2D eigenvalue weighted by Gasteiger charge is 2.37. The first-order chi connectivity index (χ1) is 9.06. The molecule has 0 bridgehead atoms. The van der Waals surface area contributed by atoms with Gasteiger partial charge in [-0.2, -0.15) is 0 Å². The normalized spacial score (nSPS) is 15.9. The monoisotopic (exact) mass is 268 g/mol. The summed E-state index contributed by atoms with van der Waals surface area (Å²) in [5, 5.41) is 9.05. The summed E-state index contributed by atoms with van der Waals surface area (Å²) in [7, 11) is 2.89. The number of carboxylic acids is 1. The predicted molar refractivity (Wildman–Crippen MR) is 67.2 cm³/mol. The van der Waals surface area contributed by atoms with E-state index in [1.807, 2.05) is 0 Å². The van der Waals surface area contributed by atoms with E-state index in [4.69, 9.17) is 14.6 Å². The topological polar surface area (TPSA) is 55.8 Å². The minimum absolute atomic E-state index is 0.00300. The van der Waals surface area contributed by atoms with Gasteiger partial charge in [0.05, 0.1) is 20.6 Å².